The summed E-state index contributed by atoms with van der Waals surface area (Å²) in [5.41, 5.74) is 8.71. The predicted molar refractivity (Wildman–Crippen MR) is 90.8 cm³/mol. The maximum atomic E-state index is 6.21. The molecule has 0 saturated heterocycles. The molecule has 4 nitrogen and oxygen atoms in total. The van der Waals surface area contributed by atoms with Gasteiger partial charge in [0.25, 0.3) is 0 Å². The van der Waals surface area contributed by atoms with Gasteiger partial charge in [0.05, 0.1) is 5.69 Å². The number of pyridine rings is 1. The molecule has 116 valence electrons. The van der Waals surface area contributed by atoms with Crippen LogP contribution in [-0.4, -0.2) is 11.8 Å². The lowest BCUT2D eigenvalue weighted by molar-refractivity contribution is 0.174. The normalized spacial score (nSPS) is 13.5. The van der Waals surface area contributed by atoms with Crippen LogP contribution in [0.25, 0.3) is 10.8 Å². The molecule has 0 saturated carbocycles. The Morgan fingerprint density at radius 3 is 2.57 bits per heavy atom. The van der Waals surface area contributed by atoms with Crippen LogP contribution in [0, 0.1) is 0 Å². The molecular formula is C19H18N2O2. The van der Waals surface area contributed by atoms with Crippen LogP contribution in [-0.2, 0) is 5.41 Å². The molecule has 0 amide bonds. The number of rotatable bonds is 2. The Morgan fingerprint density at radius 2 is 1.78 bits per heavy atom. The summed E-state index contributed by atoms with van der Waals surface area (Å²) < 4.78 is 11.0. The largest absolute Gasteiger partial charge is 0.454 e. The molecule has 4 heteroatoms. The molecule has 2 aromatic carbocycles. The number of hydrogen-bond donors (Lipinski definition) is 1. The van der Waals surface area contributed by atoms with Crippen LogP contribution in [0.3, 0.4) is 0 Å². The first-order chi connectivity index (χ1) is 11.1. The van der Waals surface area contributed by atoms with E-state index in [0.717, 1.165) is 39.2 Å². The molecule has 0 aliphatic carbocycles. The number of para-hydroxylation sites is 1. The number of nitrogens with two attached hydrogens (primary N) is 1. The quantitative estimate of drug-likeness (QED) is 0.730. The number of fused-ring (bicyclic) bond motifs is 2. The topological polar surface area (TPSA) is 57.4 Å². The molecular weight excluding hydrogens is 288 g/mol. The van der Waals surface area contributed by atoms with Crippen molar-refractivity contribution < 1.29 is 9.47 Å². The summed E-state index contributed by atoms with van der Waals surface area (Å²) in [5.74, 6) is 1.55. The Labute approximate surface area is 134 Å². The van der Waals surface area contributed by atoms with E-state index in [1.54, 1.807) is 0 Å². The maximum absolute atomic E-state index is 6.21. The zero-order valence-corrected chi connectivity index (χ0v) is 13.2. The number of anilines is 1. The summed E-state index contributed by atoms with van der Waals surface area (Å²) in [4.78, 5) is 4.67. The lowest BCUT2D eigenvalue weighted by Gasteiger charge is -2.27. The molecule has 0 fully saturated rings. The van der Waals surface area contributed by atoms with Crippen LogP contribution >= 0.6 is 0 Å². The number of nitrogens with zero attached hydrogens (tertiary/aromatic N) is 1. The molecule has 0 bridgehead atoms. The summed E-state index contributed by atoms with van der Waals surface area (Å²) in [6, 6.07) is 14.0. The predicted octanol–water partition coefficient (Wildman–Crippen LogP) is 3.87. The van der Waals surface area contributed by atoms with Gasteiger partial charge in [-0.05, 0) is 35.2 Å². The van der Waals surface area contributed by atoms with Crippen molar-refractivity contribution in [3.8, 4) is 11.5 Å². The van der Waals surface area contributed by atoms with Gasteiger partial charge in [-0.2, -0.15) is 0 Å². The monoisotopic (exact) mass is 306 g/mol. The zero-order chi connectivity index (χ0) is 16.0. The minimum absolute atomic E-state index is 0.267. The van der Waals surface area contributed by atoms with Gasteiger partial charge in [-0.15, -0.1) is 0 Å². The van der Waals surface area contributed by atoms with Crippen molar-refractivity contribution in [3.05, 3.63) is 59.9 Å². The summed E-state index contributed by atoms with van der Waals surface area (Å²) in [7, 11) is 0. The molecule has 0 atom stereocenters. The number of hydrogen-bond acceptors (Lipinski definition) is 4. The molecule has 1 aliphatic rings. The first kappa shape index (κ1) is 13.9. The third kappa shape index (κ3) is 2.10. The van der Waals surface area contributed by atoms with Crippen molar-refractivity contribution in [3.63, 3.8) is 0 Å². The van der Waals surface area contributed by atoms with Gasteiger partial charge >= 0.3 is 0 Å². The van der Waals surface area contributed by atoms with E-state index in [9.17, 15) is 0 Å². The fraction of sp³-hybridized carbons (Fsp3) is 0.211. The summed E-state index contributed by atoms with van der Waals surface area (Å²) in [6.07, 6.45) is 1.83. The van der Waals surface area contributed by atoms with E-state index >= 15 is 0 Å². The SMILES string of the molecule is CC(C)(c1ccccc1N)c1nccc2cc3c(cc12)OCO3. The van der Waals surface area contributed by atoms with Crippen LogP contribution < -0.4 is 15.2 Å². The van der Waals surface area contributed by atoms with E-state index in [0.29, 0.717) is 0 Å². The molecule has 0 radical (unpaired) electrons. The number of aromatic nitrogens is 1. The van der Waals surface area contributed by atoms with Crippen LogP contribution in [0.1, 0.15) is 25.1 Å². The second-order valence-electron chi connectivity index (χ2n) is 6.30. The Kier molecular flexibility index (Phi) is 2.94. The second kappa shape index (κ2) is 4.88. The van der Waals surface area contributed by atoms with E-state index in [1.807, 2.05) is 42.6 Å². The molecule has 0 spiro atoms. The van der Waals surface area contributed by atoms with E-state index in [2.05, 4.69) is 24.9 Å². The Hall–Kier alpha value is -2.75. The Balaban J connectivity index is 1.96. The maximum Gasteiger partial charge on any atom is 0.231 e. The lowest BCUT2D eigenvalue weighted by atomic mass is 9.78. The van der Waals surface area contributed by atoms with Gasteiger partial charge in [0.15, 0.2) is 11.5 Å². The molecule has 2 heterocycles. The Morgan fingerprint density at radius 1 is 1.04 bits per heavy atom. The standard InChI is InChI=1S/C19H18N2O2/c1-19(2,14-5-3-4-6-15(14)20)18-13-10-17-16(22-11-23-17)9-12(13)7-8-21-18/h3-10H,11,20H2,1-2H3. The minimum atomic E-state index is -0.321. The molecule has 0 unspecified atom stereocenters. The molecule has 4 rings (SSSR count). The summed E-state index contributed by atoms with van der Waals surface area (Å²) in [6.45, 7) is 4.56. The summed E-state index contributed by atoms with van der Waals surface area (Å²) >= 11 is 0. The average molecular weight is 306 g/mol. The zero-order valence-electron chi connectivity index (χ0n) is 13.2. The van der Waals surface area contributed by atoms with Crippen molar-refractivity contribution in [2.45, 2.75) is 19.3 Å². The van der Waals surface area contributed by atoms with Gasteiger partial charge in [0.1, 0.15) is 0 Å². The first-order valence-corrected chi connectivity index (χ1v) is 7.61. The van der Waals surface area contributed by atoms with E-state index < -0.39 is 0 Å². The molecule has 2 N–H and O–H groups in total. The smallest absolute Gasteiger partial charge is 0.231 e. The van der Waals surface area contributed by atoms with Gasteiger partial charge in [0.2, 0.25) is 6.79 Å². The average Bonchev–Trinajstić information content (AvgIpc) is 2.99. The highest BCUT2D eigenvalue weighted by atomic mass is 16.7. The second-order valence-corrected chi connectivity index (χ2v) is 6.30. The van der Waals surface area contributed by atoms with Gasteiger partial charge in [-0.1, -0.05) is 32.0 Å². The molecule has 1 aromatic heterocycles. The van der Waals surface area contributed by atoms with Crippen LogP contribution in [0.2, 0.25) is 0 Å². The van der Waals surface area contributed by atoms with Crippen molar-refractivity contribution >= 4 is 16.5 Å². The van der Waals surface area contributed by atoms with E-state index in [-0.39, 0.29) is 12.2 Å². The number of nitrogen functional groups attached to an aromatic ring is 1. The van der Waals surface area contributed by atoms with Gasteiger partial charge in [-0.3, -0.25) is 4.98 Å². The third-order valence-electron chi connectivity index (χ3n) is 4.48. The van der Waals surface area contributed by atoms with Crippen molar-refractivity contribution in [2.75, 3.05) is 12.5 Å². The van der Waals surface area contributed by atoms with E-state index in [1.165, 1.54) is 0 Å². The van der Waals surface area contributed by atoms with Crippen LogP contribution in [0.5, 0.6) is 11.5 Å². The highest BCUT2D eigenvalue weighted by Gasteiger charge is 2.29. The van der Waals surface area contributed by atoms with Crippen molar-refractivity contribution in [1.29, 1.82) is 0 Å². The third-order valence-corrected chi connectivity index (χ3v) is 4.48. The summed E-state index contributed by atoms with van der Waals surface area (Å²) in [5, 5.41) is 2.15. The highest BCUT2D eigenvalue weighted by Crippen LogP contribution is 2.41. The van der Waals surface area contributed by atoms with Gasteiger partial charge < -0.3 is 15.2 Å². The minimum Gasteiger partial charge on any atom is -0.454 e. The van der Waals surface area contributed by atoms with Gasteiger partial charge in [0, 0.05) is 22.7 Å². The fourth-order valence-corrected chi connectivity index (χ4v) is 3.25. The number of ether oxygens (including phenoxy) is 2. The van der Waals surface area contributed by atoms with Gasteiger partial charge in [-0.25, -0.2) is 0 Å². The highest BCUT2D eigenvalue weighted by molar-refractivity contribution is 5.89. The number of benzene rings is 2. The molecule has 23 heavy (non-hydrogen) atoms. The van der Waals surface area contributed by atoms with Crippen LogP contribution in [0.4, 0.5) is 5.69 Å². The van der Waals surface area contributed by atoms with Crippen molar-refractivity contribution in [1.82, 2.24) is 4.98 Å². The van der Waals surface area contributed by atoms with E-state index in [4.69, 9.17) is 15.2 Å². The first-order valence-electron chi connectivity index (χ1n) is 7.61. The molecule has 3 aromatic rings. The fourth-order valence-electron chi connectivity index (χ4n) is 3.25. The lowest BCUT2D eigenvalue weighted by Crippen LogP contribution is -2.22. The van der Waals surface area contributed by atoms with Crippen LogP contribution in [0.15, 0.2) is 48.7 Å². The van der Waals surface area contributed by atoms with Crippen molar-refractivity contribution in [2.24, 2.45) is 0 Å². The Bertz CT molecular complexity index is 903. The molecule has 1 aliphatic heterocycles.